The third-order valence-corrected chi connectivity index (χ3v) is 4.28. The highest BCUT2D eigenvalue weighted by Gasteiger charge is 2.31. The second kappa shape index (κ2) is 11.7. The lowest BCUT2D eigenvalue weighted by molar-refractivity contribution is -0.825. The van der Waals surface area contributed by atoms with Gasteiger partial charge in [0.15, 0.2) is 6.54 Å². The van der Waals surface area contributed by atoms with E-state index in [0.717, 1.165) is 12.8 Å². The summed E-state index contributed by atoms with van der Waals surface area (Å²) >= 11 is 0. The predicted octanol–water partition coefficient (Wildman–Crippen LogP) is 3.99. The van der Waals surface area contributed by atoms with Gasteiger partial charge < -0.3 is 5.11 Å². The maximum Gasteiger partial charge on any atom is 0.359 e. The van der Waals surface area contributed by atoms with Crippen LogP contribution < -0.4 is 0 Å². The molecule has 0 heterocycles. The number of carboxylic acids is 1. The molecule has 0 aromatic carbocycles. The predicted molar refractivity (Wildman–Crippen MR) is 86.1 cm³/mol. The van der Waals surface area contributed by atoms with Gasteiger partial charge in [-0.05, 0) is 13.3 Å². The van der Waals surface area contributed by atoms with Crippen LogP contribution in [0.25, 0.3) is 0 Å². The summed E-state index contributed by atoms with van der Waals surface area (Å²) in [4.78, 5) is 23.0. The van der Waals surface area contributed by atoms with Gasteiger partial charge in [-0.15, -0.1) is 0 Å². The van der Waals surface area contributed by atoms with Gasteiger partial charge in [-0.3, -0.25) is 4.48 Å². The highest BCUT2D eigenvalue weighted by atomic mass is 16.4. The number of nitrogens with zero attached hydrogens (tertiary/aromatic N) is 1. The smallest absolute Gasteiger partial charge is 0.359 e. The number of amides is 1. The summed E-state index contributed by atoms with van der Waals surface area (Å²) in [6, 6.07) is 0. The molecular weight excluding hydrogens is 266 g/mol. The summed E-state index contributed by atoms with van der Waals surface area (Å²) in [5, 5.41) is 8.89. The zero-order valence-electron chi connectivity index (χ0n) is 14.2. The van der Waals surface area contributed by atoms with Gasteiger partial charge in [0.2, 0.25) is 0 Å². The van der Waals surface area contributed by atoms with Gasteiger partial charge in [0.05, 0.1) is 20.0 Å². The van der Waals surface area contributed by atoms with Gasteiger partial charge in [-0.25, -0.2) is 9.59 Å². The number of carboxylic acid groups (broad SMARTS) is 1. The minimum absolute atomic E-state index is 0.0202. The minimum Gasteiger partial charge on any atom is -0.477 e. The van der Waals surface area contributed by atoms with Gasteiger partial charge in [0.25, 0.3) is 0 Å². The first-order valence-electron chi connectivity index (χ1n) is 8.56. The van der Waals surface area contributed by atoms with E-state index in [0.29, 0.717) is 13.0 Å². The van der Waals surface area contributed by atoms with E-state index < -0.39 is 5.97 Å². The van der Waals surface area contributed by atoms with Crippen molar-refractivity contribution in [3.05, 3.63) is 0 Å². The quantitative estimate of drug-likeness (QED) is 0.413. The topological polar surface area (TPSA) is 54.4 Å². The summed E-state index contributed by atoms with van der Waals surface area (Å²) in [5.74, 6) is -0.845. The SMILES string of the molecule is CCCCCCCCCCCC(=O)[N+](C)(CC)CC(=O)O. The van der Waals surface area contributed by atoms with Crippen molar-refractivity contribution in [3.63, 3.8) is 0 Å². The Bertz CT molecular complexity index is 304. The molecule has 1 unspecified atom stereocenters. The fraction of sp³-hybridized carbons (Fsp3) is 0.882. The van der Waals surface area contributed by atoms with Gasteiger partial charge >= 0.3 is 11.9 Å². The van der Waals surface area contributed by atoms with Crippen LogP contribution in [0.4, 0.5) is 0 Å². The van der Waals surface area contributed by atoms with E-state index in [1.165, 1.54) is 44.9 Å². The highest BCUT2D eigenvalue weighted by molar-refractivity contribution is 5.74. The van der Waals surface area contributed by atoms with Crippen LogP contribution in [-0.4, -0.2) is 41.6 Å². The molecule has 124 valence electrons. The molecule has 1 atom stereocenters. The second-order valence-electron chi connectivity index (χ2n) is 6.24. The molecule has 0 fully saturated rings. The number of carbonyl (C=O) groups is 2. The standard InChI is InChI=1S/C17H33NO3/c1-4-6-7-8-9-10-11-12-13-14-16(19)18(3,5-2)15-17(20)21/h4-15H2,1-3H3/p+1. The van der Waals surface area contributed by atoms with Crippen LogP contribution in [0.1, 0.15) is 78.1 Å². The molecule has 1 N–H and O–H groups in total. The first-order valence-corrected chi connectivity index (χ1v) is 8.56. The molecule has 0 aromatic heterocycles. The Labute approximate surface area is 130 Å². The lowest BCUT2D eigenvalue weighted by Crippen LogP contribution is -2.52. The van der Waals surface area contributed by atoms with Crippen molar-refractivity contribution < 1.29 is 19.2 Å². The summed E-state index contributed by atoms with van der Waals surface area (Å²) in [6.45, 7) is 4.54. The molecule has 0 saturated carbocycles. The summed E-state index contributed by atoms with van der Waals surface area (Å²) < 4.78 is 0.0202. The van der Waals surface area contributed by atoms with E-state index in [2.05, 4.69) is 6.92 Å². The van der Waals surface area contributed by atoms with Crippen LogP contribution in [0, 0.1) is 0 Å². The molecule has 0 rings (SSSR count). The Morgan fingerprint density at radius 2 is 1.33 bits per heavy atom. The van der Waals surface area contributed by atoms with Crippen molar-refractivity contribution in [1.82, 2.24) is 0 Å². The average Bonchev–Trinajstić information content (AvgIpc) is 2.44. The number of likely N-dealkylation sites (N-methyl/N-ethyl adjacent to an activating group) is 1. The van der Waals surface area contributed by atoms with Crippen molar-refractivity contribution in [3.8, 4) is 0 Å². The largest absolute Gasteiger partial charge is 0.477 e. The molecule has 0 aliphatic heterocycles. The van der Waals surface area contributed by atoms with Crippen LogP contribution in [0.2, 0.25) is 0 Å². The van der Waals surface area contributed by atoms with E-state index >= 15 is 0 Å². The van der Waals surface area contributed by atoms with Crippen LogP contribution in [0.15, 0.2) is 0 Å². The van der Waals surface area contributed by atoms with Crippen LogP contribution >= 0.6 is 0 Å². The van der Waals surface area contributed by atoms with E-state index in [1.54, 1.807) is 7.05 Å². The first-order chi connectivity index (χ1) is 9.96. The molecule has 0 saturated heterocycles. The molecule has 4 heteroatoms. The maximum absolute atomic E-state index is 12.1. The molecule has 0 aliphatic carbocycles. The molecule has 4 nitrogen and oxygen atoms in total. The van der Waals surface area contributed by atoms with Crippen LogP contribution in [-0.2, 0) is 9.59 Å². The molecule has 0 bridgehead atoms. The Hall–Kier alpha value is -0.900. The zero-order valence-corrected chi connectivity index (χ0v) is 14.2. The van der Waals surface area contributed by atoms with E-state index in [9.17, 15) is 9.59 Å². The number of aliphatic carboxylic acids is 1. The fourth-order valence-corrected chi connectivity index (χ4v) is 2.53. The van der Waals surface area contributed by atoms with Gasteiger partial charge in [0, 0.05) is 0 Å². The summed E-state index contributed by atoms with van der Waals surface area (Å²) in [6.07, 6.45) is 11.5. The van der Waals surface area contributed by atoms with Crippen molar-refractivity contribution in [2.24, 2.45) is 0 Å². The molecule has 0 aliphatic rings. The number of hydrogen-bond donors (Lipinski definition) is 1. The Morgan fingerprint density at radius 1 is 0.857 bits per heavy atom. The molecule has 0 radical (unpaired) electrons. The lowest BCUT2D eigenvalue weighted by atomic mass is 10.1. The van der Waals surface area contributed by atoms with Gasteiger partial charge in [0.1, 0.15) is 0 Å². The van der Waals surface area contributed by atoms with E-state index in [1.807, 2.05) is 6.92 Å². The van der Waals surface area contributed by atoms with Crippen molar-refractivity contribution in [1.29, 1.82) is 0 Å². The first kappa shape index (κ1) is 20.1. The number of carbonyl (C=O) groups excluding carboxylic acids is 1. The highest BCUT2D eigenvalue weighted by Crippen LogP contribution is 2.13. The third kappa shape index (κ3) is 9.62. The summed E-state index contributed by atoms with van der Waals surface area (Å²) in [7, 11) is 1.73. The van der Waals surface area contributed by atoms with Gasteiger partial charge in [-0.1, -0.05) is 58.3 Å². The van der Waals surface area contributed by atoms with E-state index in [-0.39, 0.29) is 16.9 Å². The van der Waals surface area contributed by atoms with E-state index in [4.69, 9.17) is 5.11 Å². The van der Waals surface area contributed by atoms with Crippen molar-refractivity contribution in [2.45, 2.75) is 78.1 Å². The monoisotopic (exact) mass is 300 g/mol. The zero-order chi connectivity index (χ0) is 16.1. The van der Waals surface area contributed by atoms with Crippen molar-refractivity contribution in [2.75, 3.05) is 20.1 Å². The number of quaternary nitrogens is 1. The normalized spacial score (nSPS) is 13.9. The average molecular weight is 300 g/mol. The second-order valence-corrected chi connectivity index (χ2v) is 6.24. The molecule has 0 aromatic rings. The van der Waals surface area contributed by atoms with Crippen LogP contribution in [0.5, 0.6) is 0 Å². The molecular formula is C17H34NO3+. The Kier molecular flexibility index (Phi) is 11.2. The van der Waals surface area contributed by atoms with Gasteiger partial charge in [-0.2, -0.15) is 0 Å². The van der Waals surface area contributed by atoms with Crippen molar-refractivity contribution >= 4 is 11.9 Å². The Balaban J connectivity index is 3.71. The Morgan fingerprint density at radius 3 is 1.76 bits per heavy atom. The lowest BCUT2D eigenvalue weighted by Gasteiger charge is -2.28. The number of hydrogen-bond acceptors (Lipinski definition) is 2. The summed E-state index contributed by atoms with van der Waals surface area (Å²) in [5.41, 5.74) is 0. The molecule has 0 spiro atoms. The molecule has 21 heavy (non-hydrogen) atoms. The van der Waals surface area contributed by atoms with Crippen LogP contribution in [0.3, 0.4) is 0 Å². The maximum atomic E-state index is 12.1. The minimum atomic E-state index is -0.903. The third-order valence-electron chi connectivity index (χ3n) is 4.28. The fourth-order valence-electron chi connectivity index (χ4n) is 2.53. The number of unbranched alkanes of at least 4 members (excludes halogenated alkanes) is 8. The number of rotatable bonds is 13. The molecule has 1 amide bonds.